The van der Waals surface area contributed by atoms with Crippen LogP contribution in [0.25, 0.3) is 11.1 Å². The molecule has 2 unspecified atom stereocenters. The van der Waals surface area contributed by atoms with Gasteiger partial charge in [0.2, 0.25) is 5.91 Å². The van der Waals surface area contributed by atoms with E-state index >= 15 is 0 Å². The quantitative estimate of drug-likeness (QED) is 0.619. The van der Waals surface area contributed by atoms with Crippen LogP contribution in [0, 0.1) is 11.8 Å². The molecule has 32 heavy (non-hydrogen) atoms. The molecule has 1 aromatic carbocycles. The van der Waals surface area contributed by atoms with Crippen molar-refractivity contribution >= 4 is 29.0 Å². The second-order valence-electron chi connectivity index (χ2n) is 8.82. The Kier molecular flexibility index (Phi) is 8.00. The molecule has 0 radical (unpaired) electrons. The Morgan fingerprint density at radius 3 is 3.00 bits per heavy atom. The van der Waals surface area contributed by atoms with Crippen molar-refractivity contribution < 1.29 is 9.53 Å². The highest BCUT2D eigenvalue weighted by atomic mass is 35.5. The number of nitrogens with zero attached hydrogens (tertiary/aromatic N) is 2. The molecule has 172 valence electrons. The number of nitrogens with one attached hydrogen (secondary N) is 2. The number of hydrogen-bond donors (Lipinski definition) is 2. The van der Waals surface area contributed by atoms with Crippen LogP contribution in [0.5, 0.6) is 0 Å². The average molecular weight is 457 g/mol. The third-order valence-corrected chi connectivity index (χ3v) is 6.75. The van der Waals surface area contributed by atoms with Crippen LogP contribution >= 0.6 is 11.6 Å². The number of carbonyl (C=O) groups excluding carboxylic acids is 1. The maximum absolute atomic E-state index is 12.8. The number of carbonyl (C=O) groups is 1. The van der Waals surface area contributed by atoms with E-state index in [1.165, 1.54) is 6.42 Å². The number of anilines is 2. The molecule has 2 atom stereocenters. The lowest BCUT2D eigenvalue weighted by molar-refractivity contribution is -0.121. The Labute approximate surface area is 195 Å². The van der Waals surface area contributed by atoms with E-state index in [4.69, 9.17) is 16.3 Å². The molecular formula is C25H33ClN4O2. The van der Waals surface area contributed by atoms with Crippen molar-refractivity contribution in [3.63, 3.8) is 0 Å². The topological polar surface area (TPSA) is 66.5 Å². The summed E-state index contributed by atoms with van der Waals surface area (Å²) in [5.74, 6) is 1.12. The molecule has 0 saturated carbocycles. The monoisotopic (exact) mass is 456 g/mol. The lowest BCUT2D eigenvalue weighted by atomic mass is 9.97. The summed E-state index contributed by atoms with van der Waals surface area (Å²) in [6.45, 7) is 7.59. The Morgan fingerprint density at radius 1 is 1.28 bits per heavy atom. The van der Waals surface area contributed by atoms with Gasteiger partial charge < -0.3 is 20.3 Å². The van der Waals surface area contributed by atoms with Crippen molar-refractivity contribution in [1.29, 1.82) is 0 Å². The van der Waals surface area contributed by atoms with Gasteiger partial charge in [0.15, 0.2) is 0 Å². The van der Waals surface area contributed by atoms with Gasteiger partial charge in [0, 0.05) is 37.1 Å². The summed E-state index contributed by atoms with van der Waals surface area (Å²) in [5, 5.41) is 7.11. The van der Waals surface area contributed by atoms with E-state index in [1.54, 1.807) is 6.20 Å². The maximum atomic E-state index is 12.8. The fourth-order valence-electron chi connectivity index (χ4n) is 4.54. The van der Waals surface area contributed by atoms with Crippen LogP contribution in [0.4, 0.5) is 11.5 Å². The number of likely N-dealkylation sites (tertiary alicyclic amines) is 1. The molecule has 1 amide bonds. The number of rotatable bonds is 7. The van der Waals surface area contributed by atoms with E-state index in [1.807, 2.05) is 18.2 Å². The Morgan fingerprint density at radius 2 is 2.19 bits per heavy atom. The standard InChI is InChI=1S/C25H33ClN4O2/c1-2-30-10-4-8-20(16-30)25(31)29-24-13-22(23(26)15-28-24)19-7-3-9-21(12-19)27-14-18-6-5-11-32-17-18/h3,7,9,12-13,15,18,20,27H,2,4-6,8,10-11,14,16-17H2,1H3,(H,28,29,31). The summed E-state index contributed by atoms with van der Waals surface area (Å²) in [7, 11) is 0. The largest absolute Gasteiger partial charge is 0.385 e. The zero-order valence-electron chi connectivity index (χ0n) is 18.8. The summed E-state index contributed by atoms with van der Waals surface area (Å²) in [6.07, 6.45) is 5.92. The first-order chi connectivity index (χ1) is 15.6. The lowest BCUT2D eigenvalue weighted by Crippen LogP contribution is -2.40. The Bertz CT molecular complexity index is 917. The van der Waals surface area contributed by atoms with Crippen molar-refractivity contribution in [3.8, 4) is 11.1 Å². The molecule has 2 N–H and O–H groups in total. The zero-order chi connectivity index (χ0) is 22.3. The number of halogens is 1. The molecule has 0 spiro atoms. The van der Waals surface area contributed by atoms with Gasteiger partial charge in [0.25, 0.3) is 0 Å². The van der Waals surface area contributed by atoms with Crippen molar-refractivity contribution in [2.75, 3.05) is 50.0 Å². The summed E-state index contributed by atoms with van der Waals surface area (Å²) in [6, 6.07) is 10.1. The van der Waals surface area contributed by atoms with Gasteiger partial charge in [-0.3, -0.25) is 4.79 Å². The third-order valence-electron chi connectivity index (χ3n) is 6.45. The van der Waals surface area contributed by atoms with Crippen molar-refractivity contribution in [1.82, 2.24) is 9.88 Å². The first-order valence-electron chi connectivity index (χ1n) is 11.7. The van der Waals surface area contributed by atoms with Crippen molar-refractivity contribution in [2.24, 2.45) is 11.8 Å². The van der Waals surface area contributed by atoms with Crippen LogP contribution in [0.1, 0.15) is 32.6 Å². The van der Waals surface area contributed by atoms with E-state index in [-0.39, 0.29) is 11.8 Å². The van der Waals surface area contributed by atoms with Gasteiger partial charge >= 0.3 is 0 Å². The predicted molar refractivity (Wildman–Crippen MR) is 130 cm³/mol. The number of ether oxygens (including phenoxy) is 1. The molecule has 2 aliphatic rings. The molecule has 0 aliphatic carbocycles. The number of amides is 1. The highest BCUT2D eigenvalue weighted by molar-refractivity contribution is 6.33. The van der Waals surface area contributed by atoms with Crippen LogP contribution < -0.4 is 10.6 Å². The lowest BCUT2D eigenvalue weighted by Gasteiger charge is -2.30. The van der Waals surface area contributed by atoms with Gasteiger partial charge in [-0.15, -0.1) is 0 Å². The second kappa shape index (κ2) is 11.1. The van der Waals surface area contributed by atoms with E-state index in [9.17, 15) is 4.79 Å². The highest BCUT2D eigenvalue weighted by Gasteiger charge is 2.25. The molecule has 3 heterocycles. The molecule has 4 rings (SSSR count). The number of benzene rings is 1. The molecule has 2 aliphatic heterocycles. The first kappa shape index (κ1) is 23.0. The number of piperidine rings is 1. The van der Waals surface area contributed by atoms with Crippen LogP contribution in [-0.2, 0) is 9.53 Å². The minimum absolute atomic E-state index is 0.000855. The van der Waals surface area contributed by atoms with E-state index < -0.39 is 0 Å². The molecule has 6 nitrogen and oxygen atoms in total. The minimum atomic E-state index is 0.000855. The van der Waals surface area contributed by atoms with Gasteiger partial charge in [0.1, 0.15) is 5.82 Å². The molecule has 1 aromatic heterocycles. The first-order valence-corrected chi connectivity index (χ1v) is 12.1. The van der Waals surface area contributed by atoms with Gasteiger partial charge in [-0.2, -0.15) is 0 Å². The smallest absolute Gasteiger partial charge is 0.229 e. The van der Waals surface area contributed by atoms with Gasteiger partial charge in [0.05, 0.1) is 17.5 Å². The zero-order valence-corrected chi connectivity index (χ0v) is 19.5. The fourth-order valence-corrected chi connectivity index (χ4v) is 4.75. The third kappa shape index (κ3) is 6.00. The molecule has 0 bridgehead atoms. The number of hydrogen-bond acceptors (Lipinski definition) is 5. The molecule has 2 aromatic rings. The number of aromatic nitrogens is 1. The van der Waals surface area contributed by atoms with Gasteiger partial charge in [-0.05, 0) is 68.5 Å². The normalized spacial score (nSPS) is 21.8. The Hall–Kier alpha value is -2.15. The van der Waals surface area contributed by atoms with E-state index in [0.717, 1.165) is 75.5 Å². The molecule has 2 fully saturated rings. The Balaban J connectivity index is 1.43. The van der Waals surface area contributed by atoms with Crippen molar-refractivity contribution in [2.45, 2.75) is 32.6 Å². The van der Waals surface area contributed by atoms with Crippen LogP contribution in [-0.4, -0.2) is 55.2 Å². The summed E-state index contributed by atoms with van der Waals surface area (Å²) < 4.78 is 5.58. The molecule has 7 heteroatoms. The van der Waals surface area contributed by atoms with Crippen molar-refractivity contribution in [3.05, 3.63) is 41.6 Å². The minimum Gasteiger partial charge on any atom is -0.385 e. The predicted octanol–water partition coefficient (Wildman–Crippen LogP) is 4.91. The summed E-state index contributed by atoms with van der Waals surface area (Å²) >= 11 is 6.49. The average Bonchev–Trinajstić information content (AvgIpc) is 2.84. The van der Waals surface area contributed by atoms with Crippen LogP contribution in [0.3, 0.4) is 0 Å². The summed E-state index contributed by atoms with van der Waals surface area (Å²) in [4.78, 5) is 19.5. The van der Waals surface area contributed by atoms with Crippen LogP contribution in [0.2, 0.25) is 5.02 Å². The van der Waals surface area contributed by atoms with E-state index in [2.05, 4.69) is 39.6 Å². The fraction of sp³-hybridized carbons (Fsp3) is 0.520. The number of pyridine rings is 1. The maximum Gasteiger partial charge on any atom is 0.229 e. The molecular weight excluding hydrogens is 424 g/mol. The summed E-state index contributed by atoms with van der Waals surface area (Å²) in [5.41, 5.74) is 2.90. The van der Waals surface area contributed by atoms with Gasteiger partial charge in [-0.1, -0.05) is 30.7 Å². The van der Waals surface area contributed by atoms with Crippen LogP contribution in [0.15, 0.2) is 36.5 Å². The second-order valence-corrected chi connectivity index (χ2v) is 9.22. The van der Waals surface area contributed by atoms with E-state index in [0.29, 0.717) is 16.8 Å². The van der Waals surface area contributed by atoms with Gasteiger partial charge in [-0.25, -0.2) is 4.98 Å². The highest BCUT2D eigenvalue weighted by Crippen LogP contribution is 2.31. The molecule has 2 saturated heterocycles. The SMILES string of the molecule is CCN1CCCC(C(=O)Nc2cc(-c3cccc(NCC4CCCOC4)c3)c(Cl)cn2)C1.